The van der Waals surface area contributed by atoms with Gasteiger partial charge in [0.1, 0.15) is 11.6 Å². The Hall–Kier alpha value is -2.90. The van der Waals surface area contributed by atoms with Crippen molar-refractivity contribution in [1.82, 2.24) is 9.47 Å². The monoisotopic (exact) mass is 451 g/mol. The molecule has 2 aromatic carbocycles. The lowest BCUT2D eigenvalue weighted by Crippen LogP contribution is -2.38. The molecule has 0 bridgehead atoms. The molecule has 0 saturated carbocycles. The zero-order valence-corrected chi connectivity index (χ0v) is 19.3. The minimum Gasteiger partial charge on any atom is -0.494 e. The molecule has 0 spiro atoms. The Morgan fingerprint density at radius 3 is 2.70 bits per heavy atom. The van der Waals surface area contributed by atoms with Crippen molar-refractivity contribution in [1.29, 1.82) is 0 Å². The molecule has 174 valence electrons. The van der Waals surface area contributed by atoms with Gasteiger partial charge < -0.3 is 18.9 Å². The van der Waals surface area contributed by atoms with Crippen LogP contribution in [0.3, 0.4) is 0 Å². The number of benzene rings is 2. The number of rotatable bonds is 5. The highest BCUT2D eigenvalue weighted by Crippen LogP contribution is 2.36. The van der Waals surface area contributed by atoms with Gasteiger partial charge in [0, 0.05) is 55.6 Å². The maximum absolute atomic E-state index is 14.6. The van der Waals surface area contributed by atoms with Gasteiger partial charge in [-0.3, -0.25) is 9.69 Å². The number of aryl methyl sites for hydroxylation is 1. The zero-order chi connectivity index (χ0) is 22.9. The van der Waals surface area contributed by atoms with Crippen LogP contribution in [0.2, 0.25) is 0 Å². The molecule has 0 radical (unpaired) electrons. The molecule has 5 rings (SSSR count). The maximum atomic E-state index is 14.6. The lowest BCUT2D eigenvalue weighted by Gasteiger charge is -2.29. The molecule has 7 heteroatoms. The number of fused-ring (bicyclic) bond motifs is 2. The second-order valence-electron chi connectivity index (χ2n) is 8.76. The number of amides is 1. The topological polar surface area (TPSA) is 46.9 Å². The van der Waals surface area contributed by atoms with Crippen LogP contribution in [-0.4, -0.2) is 61.9 Å². The first-order valence-corrected chi connectivity index (χ1v) is 11.6. The van der Waals surface area contributed by atoms with Crippen LogP contribution in [0.1, 0.15) is 28.0 Å². The zero-order valence-electron chi connectivity index (χ0n) is 19.3. The number of halogens is 1. The fourth-order valence-corrected chi connectivity index (χ4v) is 5.19. The van der Waals surface area contributed by atoms with E-state index in [9.17, 15) is 9.18 Å². The molecule has 0 aliphatic carbocycles. The summed E-state index contributed by atoms with van der Waals surface area (Å²) in [5, 5.41) is 0.611. The molecule has 3 heterocycles. The molecular weight excluding hydrogens is 421 g/mol. The second kappa shape index (κ2) is 9.15. The van der Waals surface area contributed by atoms with Gasteiger partial charge in [0.25, 0.3) is 5.91 Å². The third-order valence-corrected chi connectivity index (χ3v) is 6.88. The Balaban J connectivity index is 1.59. The number of methoxy groups -OCH3 is 1. The molecule has 0 atom stereocenters. The van der Waals surface area contributed by atoms with Crippen LogP contribution in [0.15, 0.2) is 36.4 Å². The van der Waals surface area contributed by atoms with Crippen LogP contribution >= 0.6 is 0 Å². The Morgan fingerprint density at radius 1 is 1.12 bits per heavy atom. The van der Waals surface area contributed by atoms with Gasteiger partial charge in [-0.1, -0.05) is 18.2 Å². The van der Waals surface area contributed by atoms with E-state index in [4.69, 9.17) is 9.47 Å². The summed E-state index contributed by atoms with van der Waals surface area (Å²) in [6, 6.07) is 10.9. The second-order valence-corrected chi connectivity index (χ2v) is 8.76. The van der Waals surface area contributed by atoms with Crippen molar-refractivity contribution < 1.29 is 18.7 Å². The Labute approximate surface area is 193 Å². The summed E-state index contributed by atoms with van der Waals surface area (Å²) in [6.45, 7) is 7.38. The highest BCUT2D eigenvalue weighted by molar-refractivity contribution is 6.16. The molecule has 2 aliphatic rings. The molecule has 33 heavy (non-hydrogen) atoms. The first kappa shape index (κ1) is 21.9. The van der Waals surface area contributed by atoms with E-state index in [2.05, 4.69) is 15.5 Å². The summed E-state index contributed by atoms with van der Waals surface area (Å²) >= 11 is 0. The minimum atomic E-state index is -0.405. The van der Waals surface area contributed by atoms with E-state index in [1.807, 2.05) is 30.0 Å². The van der Waals surface area contributed by atoms with Crippen molar-refractivity contribution in [3.05, 3.63) is 59.0 Å². The molecule has 6 nitrogen and oxygen atoms in total. The predicted molar refractivity (Wildman–Crippen MR) is 127 cm³/mol. The predicted octanol–water partition coefficient (Wildman–Crippen LogP) is 4.02. The van der Waals surface area contributed by atoms with Crippen molar-refractivity contribution in [3.63, 3.8) is 0 Å². The quantitative estimate of drug-likeness (QED) is 0.588. The average Bonchev–Trinajstić information content (AvgIpc) is 3.12. The van der Waals surface area contributed by atoms with E-state index in [0.717, 1.165) is 62.6 Å². The maximum Gasteiger partial charge on any atom is 0.260 e. The SMILES string of the molecule is COc1cc(F)cc2c(C(=O)N3CCCc4ccccc43)c(C)n(CCN3CCOCC3)c12. The van der Waals surface area contributed by atoms with Gasteiger partial charge in [-0.2, -0.15) is 0 Å². The van der Waals surface area contributed by atoms with Gasteiger partial charge in [0.2, 0.25) is 0 Å². The van der Waals surface area contributed by atoms with Crippen LogP contribution in [0, 0.1) is 12.7 Å². The minimum absolute atomic E-state index is 0.0811. The molecule has 1 fully saturated rings. The van der Waals surface area contributed by atoms with Crippen molar-refractivity contribution in [3.8, 4) is 5.75 Å². The van der Waals surface area contributed by atoms with Gasteiger partial charge in [0.05, 0.1) is 31.4 Å². The van der Waals surface area contributed by atoms with Gasteiger partial charge >= 0.3 is 0 Å². The highest BCUT2D eigenvalue weighted by Gasteiger charge is 2.30. The van der Waals surface area contributed by atoms with Gasteiger partial charge in [-0.15, -0.1) is 0 Å². The number of nitrogens with zero attached hydrogens (tertiary/aromatic N) is 3. The molecular formula is C26H30FN3O3. The Morgan fingerprint density at radius 2 is 1.91 bits per heavy atom. The fraction of sp³-hybridized carbons (Fsp3) is 0.423. The van der Waals surface area contributed by atoms with Gasteiger partial charge in [-0.05, 0) is 37.5 Å². The van der Waals surface area contributed by atoms with Crippen molar-refractivity contribution in [2.75, 3.05) is 51.4 Å². The van der Waals surface area contributed by atoms with Crippen molar-refractivity contribution >= 4 is 22.5 Å². The molecule has 2 aliphatic heterocycles. The number of para-hydroxylation sites is 1. The number of carbonyl (C=O) groups excluding carboxylic acids is 1. The standard InChI is InChI=1S/C26H30FN3O3/c1-18-24(26(31)30-9-5-7-19-6-3-4-8-22(19)30)21-16-20(27)17-23(32-2)25(21)29(18)11-10-28-12-14-33-15-13-28/h3-4,6,8,16-17H,5,7,9-15H2,1-2H3. The number of aromatic nitrogens is 1. The molecule has 1 amide bonds. The highest BCUT2D eigenvalue weighted by atomic mass is 19.1. The summed E-state index contributed by atoms with van der Waals surface area (Å²) in [7, 11) is 1.55. The fourth-order valence-electron chi connectivity index (χ4n) is 5.19. The molecule has 1 saturated heterocycles. The molecule has 0 unspecified atom stereocenters. The number of anilines is 1. The van der Waals surface area contributed by atoms with E-state index in [0.29, 0.717) is 29.8 Å². The van der Waals surface area contributed by atoms with E-state index in [-0.39, 0.29) is 5.91 Å². The van der Waals surface area contributed by atoms with E-state index >= 15 is 0 Å². The third kappa shape index (κ3) is 4.00. The number of hydrogen-bond donors (Lipinski definition) is 0. The van der Waals surface area contributed by atoms with Crippen LogP contribution < -0.4 is 9.64 Å². The first-order valence-electron chi connectivity index (χ1n) is 11.6. The molecule has 0 N–H and O–H groups in total. The number of morpholine rings is 1. The van der Waals surface area contributed by atoms with Crippen LogP contribution in [-0.2, 0) is 17.7 Å². The number of hydrogen-bond acceptors (Lipinski definition) is 4. The van der Waals surface area contributed by atoms with Crippen molar-refractivity contribution in [2.24, 2.45) is 0 Å². The average molecular weight is 452 g/mol. The lowest BCUT2D eigenvalue weighted by atomic mass is 10.00. The number of carbonyl (C=O) groups is 1. The molecule has 3 aromatic rings. The van der Waals surface area contributed by atoms with Crippen LogP contribution in [0.4, 0.5) is 10.1 Å². The normalized spacial score (nSPS) is 16.8. The largest absolute Gasteiger partial charge is 0.494 e. The molecule has 1 aromatic heterocycles. The Kier molecular flexibility index (Phi) is 6.08. The van der Waals surface area contributed by atoms with E-state index in [1.165, 1.54) is 17.7 Å². The van der Waals surface area contributed by atoms with E-state index in [1.54, 1.807) is 7.11 Å². The van der Waals surface area contributed by atoms with Gasteiger partial charge in [-0.25, -0.2) is 4.39 Å². The summed E-state index contributed by atoms with van der Waals surface area (Å²) in [6.07, 6.45) is 1.87. The lowest BCUT2D eigenvalue weighted by molar-refractivity contribution is 0.0365. The first-order chi connectivity index (χ1) is 16.1. The number of ether oxygens (including phenoxy) is 2. The van der Waals surface area contributed by atoms with Crippen LogP contribution in [0.5, 0.6) is 5.75 Å². The summed E-state index contributed by atoms with van der Waals surface area (Å²) in [5.74, 6) is -0.0339. The smallest absolute Gasteiger partial charge is 0.260 e. The summed E-state index contributed by atoms with van der Waals surface area (Å²) in [4.78, 5) is 18.2. The third-order valence-electron chi connectivity index (χ3n) is 6.88. The summed E-state index contributed by atoms with van der Waals surface area (Å²) in [5.41, 5.74) is 4.30. The Bertz CT molecular complexity index is 1180. The summed E-state index contributed by atoms with van der Waals surface area (Å²) < 4.78 is 27.7. The van der Waals surface area contributed by atoms with Crippen molar-refractivity contribution in [2.45, 2.75) is 26.3 Å². The van der Waals surface area contributed by atoms with Crippen LogP contribution in [0.25, 0.3) is 10.9 Å². The van der Waals surface area contributed by atoms with E-state index < -0.39 is 5.82 Å². The van der Waals surface area contributed by atoms with Gasteiger partial charge in [0.15, 0.2) is 0 Å².